The van der Waals surface area contributed by atoms with Crippen molar-refractivity contribution in [2.75, 3.05) is 11.4 Å². The van der Waals surface area contributed by atoms with Gasteiger partial charge in [-0.15, -0.1) is 0 Å². The summed E-state index contributed by atoms with van der Waals surface area (Å²) < 4.78 is 0.963. The summed E-state index contributed by atoms with van der Waals surface area (Å²) in [4.78, 5) is 50.2. The zero-order chi connectivity index (χ0) is 22.2. The van der Waals surface area contributed by atoms with E-state index in [0.717, 1.165) is 26.2 Å². The maximum Gasteiger partial charge on any atom is 0.262 e. The zero-order valence-electron chi connectivity index (χ0n) is 17.2. The molecule has 2 aromatic heterocycles. The molecule has 0 bridgehead atoms. The van der Waals surface area contributed by atoms with Gasteiger partial charge in [0.25, 0.3) is 11.8 Å². The van der Waals surface area contributed by atoms with Crippen LogP contribution in [0.5, 0.6) is 0 Å². The quantitative estimate of drug-likeness (QED) is 0.439. The molecule has 5 rings (SSSR count). The van der Waals surface area contributed by atoms with Gasteiger partial charge in [-0.1, -0.05) is 35.6 Å². The number of fused-ring (bicyclic) bond motifs is 2. The summed E-state index contributed by atoms with van der Waals surface area (Å²) >= 11 is 1.40. The first-order valence-electron chi connectivity index (χ1n) is 10.0. The Kier molecular flexibility index (Phi) is 4.99. The van der Waals surface area contributed by atoms with Crippen LogP contribution in [-0.4, -0.2) is 39.1 Å². The highest BCUT2D eigenvalue weighted by molar-refractivity contribution is 7.22. The van der Waals surface area contributed by atoms with Crippen LogP contribution in [0.2, 0.25) is 0 Å². The Hall–Kier alpha value is -3.91. The van der Waals surface area contributed by atoms with Gasteiger partial charge in [0.05, 0.1) is 27.9 Å². The number of anilines is 1. The number of rotatable bonds is 5. The molecule has 8 heteroatoms. The number of benzene rings is 2. The van der Waals surface area contributed by atoms with Crippen molar-refractivity contribution >= 4 is 44.4 Å². The minimum Gasteiger partial charge on any atom is -0.282 e. The van der Waals surface area contributed by atoms with E-state index in [1.54, 1.807) is 42.7 Å². The maximum absolute atomic E-state index is 13.4. The standard InChI is InChI=1S/C24H18N4O3S/c1-15-8-9-19-20(11-15)32-24(26-19)27(13-16-5-4-10-25-12-16)21(29)14-28-22(30)17-6-2-3-7-18(17)23(28)31/h2-12H,13-14H2,1H3. The highest BCUT2D eigenvalue weighted by Gasteiger charge is 2.37. The van der Waals surface area contributed by atoms with Crippen LogP contribution in [0, 0.1) is 6.92 Å². The molecule has 0 aliphatic carbocycles. The third-order valence-electron chi connectivity index (χ3n) is 5.30. The van der Waals surface area contributed by atoms with E-state index in [4.69, 9.17) is 0 Å². The predicted octanol–water partition coefficient (Wildman–Crippen LogP) is 3.83. The van der Waals surface area contributed by atoms with Crippen LogP contribution in [0.3, 0.4) is 0 Å². The summed E-state index contributed by atoms with van der Waals surface area (Å²) in [5, 5.41) is 0.510. The van der Waals surface area contributed by atoms with Gasteiger partial charge < -0.3 is 0 Å². The van der Waals surface area contributed by atoms with Crippen molar-refractivity contribution in [2.45, 2.75) is 13.5 Å². The van der Waals surface area contributed by atoms with Crippen LogP contribution in [0.4, 0.5) is 5.13 Å². The highest BCUT2D eigenvalue weighted by Crippen LogP contribution is 2.31. The van der Waals surface area contributed by atoms with Gasteiger partial charge in [-0.3, -0.25) is 29.2 Å². The second kappa shape index (κ2) is 7.97. The summed E-state index contributed by atoms with van der Waals surface area (Å²) in [6.45, 7) is 1.87. The first-order valence-corrected chi connectivity index (χ1v) is 10.8. The lowest BCUT2D eigenvalue weighted by atomic mass is 10.1. The largest absolute Gasteiger partial charge is 0.282 e. The minimum atomic E-state index is -0.458. The first kappa shape index (κ1) is 20.0. The Labute approximate surface area is 187 Å². The fourth-order valence-electron chi connectivity index (χ4n) is 3.68. The molecule has 3 heterocycles. The molecule has 0 unspecified atom stereocenters. The molecule has 0 spiro atoms. The van der Waals surface area contributed by atoms with Gasteiger partial charge in [0.15, 0.2) is 5.13 Å². The van der Waals surface area contributed by atoms with Crippen LogP contribution >= 0.6 is 11.3 Å². The van der Waals surface area contributed by atoms with E-state index in [0.29, 0.717) is 16.3 Å². The van der Waals surface area contributed by atoms with Crippen molar-refractivity contribution in [3.05, 3.63) is 89.2 Å². The van der Waals surface area contributed by atoms with Crippen molar-refractivity contribution < 1.29 is 14.4 Å². The summed E-state index contributed by atoms with van der Waals surface area (Å²) in [5.74, 6) is -1.31. The highest BCUT2D eigenvalue weighted by atomic mass is 32.1. The van der Waals surface area contributed by atoms with E-state index in [9.17, 15) is 14.4 Å². The van der Waals surface area contributed by atoms with Crippen molar-refractivity contribution in [2.24, 2.45) is 0 Å². The minimum absolute atomic E-state index is 0.231. The zero-order valence-corrected chi connectivity index (χ0v) is 18.0. The number of hydrogen-bond acceptors (Lipinski definition) is 6. The molecule has 1 aliphatic rings. The number of pyridine rings is 1. The molecule has 0 radical (unpaired) electrons. The number of imide groups is 1. The molecular weight excluding hydrogens is 424 g/mol. The summed E-state index contributed by atoms with van der Waals surface area (Å²) in [5.41, 5.74) is 3.35. The number of aromatic nitrogens is 2. The fraction of sp³-hybridized carbons (Fsp3) is 0.125. The molecule has 7 nitrogen and oxygen atoms in total. The predicted molar refractivity (Wildman–Crippen MR) is 122 cm³/mol. The molecule has 158 valence electrons. The van der Waals surface area contributed by atoms with Crippen LogP contribution in [0.1, 0.15) is 31.8 Å². The van der Waals surface area contributed by atoms with Crippen molar-refractivity contribution in [3.8, 4) is 0 Å². The Morgan fingerprint density at radius 2 is 1.78 bits per heavy atom. The van der Waals surface area contributed by atoms with Crippen molar-refractivity contribution in [1.29, 1.82) is 0 Å². The molecule has 32 heavy (non-hydrogen) atoms. The van der Waals surface area contributed by atoms with E-state index in [-0.39, 0.29) is 19.0 Å². The molecule has 2 aromatic carbocycles. The molecule has 1 aliphatic heterocycles. The topological polar surface area (TPSA) is 83.5 Å². The van der Waals surface area contributed by atoms with E-state index >= 15 is 0 Å². The van der Waals surface area contributed by atoms with Crippen LogP contribution < -0.4 is 4.90 Å². The van der Waals surface area contributed by atoms with Gasteiger partial charge in [0.2, 0.25) is 5.91 Å². The lowest BCUT2D eigenvalue weighted by Gasteiger charge is -2.22. The second-order valence-electron chi connectivity index (χ2n) is 7.55. The summed E-state index contributed by atoms with van der Waals surface area (Å²) in [6.07, 6.45) is 3.34. The monoisotopic (exact) mass is 442 g/mol. The van der Waals surface area contributed by atoms with Gasteiger partial charge in [-0.25, -0.2) is 4.98 Å². The average Bonchev–Trinajstić information content (AvgIpc) is 3.32. The molecule has 0 fully saturated rings. The van der Waals surface area contributed by atoms with Gasteiger partial charge >= 0.3 is 0 Å². The molecule has 0 atom stereocenters. The number of carbonyl (C=O) groups excluding carboxylic acids is 3. The molecular formula is C24H18N4O3S. The van der Waals surface area contributed by atoms with Crippen molar-refractivity contribution in [1.82, 2.24) is 14.9 Å². The van der Waals surface area contributed by atoms with Gasteiger partial charge in [0, 0.05) is 12.4 Å². The smallest absolute Gasteiger partial charge is 0.262 e. The fourth-order valence-corrected chi connectivity index (χ4v) is 4.76. The molecule has 0 saturated carbocycles. The van der Waals surface area contributed by atoms with E-state index in [1.165, 1.54) is 16.2 Å². The Morgan fingerprint density at radius 3 is 2.47 bits per heavy atom. The second-order valence-corrected chi connectivity index (χ2v) is 8.56. The number of thiazole rings is 1. The third-order valence-corrected chi connectivity index (χ3v) is 6.34. The first-order chi connectivity index (χ1) is 15.5. The number of hydrogen-bond donors (Lipinski definition) is 0. The molecule has 4 aromatic rings. The van der Waals surface area contributed by atoms with Crippen LogP contribution in [0.15, 0.2) is 67.0 Å². The normalized spacial score (nSPS) is 13.0. The Balaban J connectivity index is 1.48. The number of nitrogens with zero attached hydrogens (tertiary/aromatic N) is 4. The Bertz CT molecular complexity index is 1330. The van der Waals surface area contributed by atoms with Crippen LogP contribution in [0.25, 0.3) is 10.2 Å². The lowest BCUT2D eigenvalue weighted by molar-refractivity contribution is -0.119. The van der Waals surface area contributed by atoms with Gasteiger partial charge in [-0.2, -0.15) is 0 Å². The number of carbonyl (C=O) groups is 3. The Morgan fingerprint density at radius 1 is 1.03 bits per heavy atom. The summed E-state index contributed by atoms with van der Waals surface area (Å²) in [7, 11) is 0. The van der Waals surface area contributed by atoms with E-state index < -0.39 is 11.8 Å². The summed E-state index contributed by atoms with van der Waals surface area (Å²) in [6, 6.07) is 16.2. The average molecular weight is 443 g/mol. The molecule has 0 saturated heterocycles. The van der Waals surface area contributed by atoms with E-state index in [2.05, 4.69) is 9.97 Å². The van der Waals surface area contributed by atoms with E-state index in [1.807, 2.05) is 31.2 Å². The molecule has 3 amide bonds. The number of amides is 3. The maximum atomic E-state index is 13.4. The lowest BCUT2D eigenvalue weighted by Crippen LogP contribution is -2.42. The van der Waals surface area contributed by atoms with Crippen molar-refractivity contribution in [3.63, 3.8) is 0 Å². The van der Waals surface area contributed by atoms with Gasteiger partial charge in [-0.05, 0) is 48.4 Å². The SMILES string of the molecule is Cc1ccc2nc(N(Cc3cccnc3)C(=O)CN3C(=O)c4ccccc4C3=O)sc2c1. The van der Waals surface area contributed by atoms with Gasteiger partial charge in [0.1, 0.15) is 6.54 Å². The number of aryl methyl sites for hydroxylation is 1. The molecule has 0 N–H and O–H groups in total. The third kappa shape index (κ3) is 3.54. The van der Waals surface area contributed by atoms with Crippen LogP contribution in [-0.2, 0) is 11.3 Å².